The van der Waals surface area contributed by atoms with Gasteiger partial charge in [-0.3, -0.25) is 4.57 Å². The molecule has 0 bridgehead atoms. The van der Waals surface area contributed by atoms with Crippen LogP contribution < -0.4 is 0 Å². The Morgan fingerprint density at radius 2 is 1.68 bits per heavy atom. The highest BCUT2D eigenvalue weighted by molar-refractivity contribution is 7.55. The average Bonchev–Trinajstić information content (AvgIpc) is 2.25. The Labute approximate surface area is 115 Å². The van der Waals surface area contributed by atoms with Crippen LogP contribution in [0.3, 0.4) is 0 Å². The SMILES string of the molecule is CCOP(=O)(OCC)[C@]1(C)C[C@H](O)CC(C)(C)N1[O]. The van der Waals surface area contributed by atoms with Gasteiger partial charge >= 0.3 is 7.60 Å². The van der Waals surface area contributed by atoms with Crippen LogP contribution in [-0.2, 0) is 18.8 Å². The van der Waals surface area contributed by atoms with Crippen LogP contribution in [0.5, 0.6) is 0 Å². The monoisotopic (exact) mass is 294 g/mol. The molecule has 0 aromatic heterocycles. The number of piperidine rings is 1. The molecule has 0 aromatic rings. The number of hydrogen-bond acceptors (Lipinski definition) is 5. The fourth-order valence-corrected chi connectivity index (χ4v) is 5.03. The van der Waals surface area contributed by atoms with Gasteiger partial charge in [-0.05, 0) is 41.0 Å². The largest absolute Gasteiger partial charge is 0.393 e. The first-order valence-corrected chi connectivity index (χ1v) is 8.22. The number of hydroxylamine groups is 2. The van der Waals surface area contributed by atoms with Gasteiger partial charge in [0.2, 0.25) is 0 Å². The van der Waals surface area contributed by atoms with E-state index < -0.39 is 24.5 Å². The Morgan fingerprint density at radius 1 is 1.21 bits per heavy atom. The molecule has 7 heteroatoms. The minimum Gasteiger partial charge on any atom is -0.393 e. The Hall–Kier alpha value is 0.0300. The summed E-state index contributed by atoms with van der Waals surface area (Å²) >= 11 is 0. The molecule has 1 heterocycles. The molecule has 1 aliphatic heterocycles. The average molecular weight is 294 g/mol. The third kappa shape index (κ3) is 3.04. The standard InChI is InChI=1S/C12H25NO5P/c1-6-17-19(16,18-7-2)12(5)9-10(14)8-11(3,4)13(12)15/h10,14H,6-9H2,1-5H3/t10-,12-/m1/s1. The van der Waals surface area contributed by atoms with Crippen LogP contribution in [0.1, 0.15) is 47.5 Å². The highest BCUT2D eigenvalue weighted by Crippen LogP contribution is 2.65. The minimum atomic E-state index is -3.63. The molecule has 1 N–H and O–H groups in total. The molecule has 6 nitrogen and oxygen atoms in total. The fourth-order valence-electron chi connectivity index (χ4n) is 2.79. The summed E-state index contributed by atoms with van der Waals surface area (Å²) in [5.74, 6) is 0. The van der Waals surface area contributed by atoms with Gasteiger partial charge in [-0.25, -0.2) is 0 Å². The Morgan fingerprint density at radius 3 is 2.11 bits per heavy atom. The van der Waals surface area contributed by atoms with Gasteiger partial charge in [0, 0.05) is 12.0 Å². The summed E-state index contributed by atoms with van der Waals surface area (Å²) in [5, 5.41) is 22.0. The van der Waals surface area contributed by atoms with E-state index in [1.807, 2.05) is 0 Å². The molecule has 0 aliphatic carbocycles. The predicted octanol–water partition coefficient (Wildman–Crippen LogP) is 2.55. The summed E-state index contributed by atoms with van der Waals surface area (Å²) in [7, 11) is -3.63. The van der Waals surface area contributed by atoms with E-state index in [0.717, 1.165) is 5.06 Å². The molecule has 19 heavy (non-hydrogen) atoms. The van der Waals surface area contributed by atoms with E-state index in [1.54, 1.807) is 34.6 Å². The highest BCUT2D eigenvalue weighted by Gasteiger charge is 2.60. The lowest BCUT2D eigenvalue weighted by Crippen LogP contribution is -2.60. The Kier molecular flexibility index (Phi) is 5.21. The van der Waals surface area contributed by atoms with Gasteiger partial charge in [0.15, 0.2) is 5.28 Å². The molecule has 0 spiro atoms. The molecular weight excluding hydrogens is 269 g/mol. The van der Waals surface area contributed by atoms with Crippen LogP contribution in [0.4, 0.5) is 0 Å². The van der Waals surface area contributed by atoms with Gasteiger partial charge in [-0.15, -0.1) is 10.3 Å². The zero-order chi connectivity index (χ0) is 14.9. The molecule has 0 aromatic carbocycles. The number of nitrogens with zero attached hydrogens (tertiary/aromatic N) is 1. The van der Waals surface area contributed by atoms with Crippen molar-refractivity contribution in [1.82, 2.24) is 5.06 Å². The van der Waals surface area contributed by atoms with Crippen molar-refractivity contribution >= 4 is 7.60 Å². The van der Waals surface area contributed by atoms with Gasteiger partial charge in [-0.2, -0.15) is 0 Å². The molecule has 0 saturated carbocycles. The summed E-state index contributed by atoms with van der Waals surface area (Å²) < 4.78 is 23.5. The van der Waals surface area contributed by atoms with Crippen LogP contribution >= 0.6 is 7.60 Å². The lowest BCUT2D eigenvalue weighted by molar-refractivity contribution is -0.284. The number of aliphatic hydroxyl groups is 1. The van der Waals surface area contributed by atoms with Crippen molar-refractivity contribution in [3.63, 3.8) is 0 Å². The Balaban J connectivity index is 3.20. The Bertz CT molecular complexity index is 352. The van der Waals surface area contributed by atoms with Gasteiger partial charge in [0.25, 0.3) is 0 Å². The molecular formula is C12H25NO5P. The first-order valence-electron chi connectivity index (χ1n) is 6.67. The van der Waals surface area contributed by atoms with Crippen LogP contribution in [-0.4, -0.2) is 40.3 Å². The third-order valence-corrected chi connectivity index (χ3v) is 6.27. The topological polar surface area (TPSA) is 78.9 Å². The zero-order valence-electron chi connectivity index (χ0n) is 12.4. The van der Waals surface area contributed by atoms with E-state index in [-0.39, 0.29) is 19.6 Å². The third-order valence-electron chi connectivity index (χ3n) is 3.53. The molecule has 0 amide bonds. The van der Waals surface area contributed by atoms with Crippen LogP contribution in [0.25, 0.3) is 0 Å². The maximum atomic E-state index is 12.9. The van der Waals surface area contributed by atoms with Crippen molar-refractivity contribution in [2.45, 2.75) is 64.4 Å². The fraction of sp³-hybridized carbons (Fsp3) is 1.00. The molecule has 1 rings (SSSR count). The quantitative estimate of drug-likeness (QED) is 0.788. The first-order chi connectivity index (χ1) is 8.63. The van der Waals surface area contributed by atoms with Crippen LogP contribution in [0.15, 0.2) is 0 Å². The lowest BCUT2D eigenvalue weighted by atomic mass is 9.86. The van der Waals surface area contributed by atoms with Gasteiger partial charge in [0.05, 0.1) is 19.3 Å². The molecule has 0 unspecified atom stereocenters. The molecule has 1 fully saturated rings. The second-order valence-corrected chi connectivity index (χ2v) is 8.19. The van der Waals surface area contributed by atoms with E-state index in [2.05, 4.69) is 0 Å². The molecule has 113 valence electrons. The molecule has 2 atom stereocenters. The lowest BCUT2D eigenvalue weighted by Gasteiger charge is -2.51. The summed E-state index contributed by atoms with van der Waals surface area (Å²) in [5.41, 5.74) is -0.809. The van der Waals surface area contributed by atoms with Crippen molar-refractivity contribution in [1.29, 1.82) is 0 Å². The van der Waals surface area contributed by atoms with Crippen molar-refractivity contribution in [3.8, 4) is 0 Å². The summed E-state index contributed by atoms with van der Waals surface area (Å²) in [6, 6.07) is 0. The maximum absolute atomic E-state index is 12.9. The minimum absolute atomic E-state index is 0.0806. The number of hydrogen-bond donors (Lipinski definition) is 1. The normalized spacial score (nSPS) is 32.5. The van der Waals surface area contributed by atoms with Gasteiger partial charge in [0.1, 0.15) is 0 Å². The summed E-state index contributed by atoms with van der Waals surface area (Å²) in [6.07, 6.45) is -0.277. The van der Waals surface area contributed by atoms with Gasteiger partial charge in [-0.1, -0.05) is 0 Å². The summed E-state index contributed by atoms with van der Waals surface area (Å²) in [6.45, 7) is 8.79. The van der Waals surface area contributed by atoms with E-state index in [9.17, 15) is 14.9 Å². The van der Waals surface area contributed by atoms with Crippen LogP contribution in [0.2, 0.25) is 0 Å². The number of aliphatic hydroxyl groups excluding tert-OH is 1. The second kappa shape index (κ2) is 5.80. The van der Waals surface area contributed by atoms with Crippen molar-refractivity contribution in [2.75, 3.05) is 13.2 Å². The molecule has 1 saturated heterocycles. The van der Waals surface area contributed by atoms with E-state index in [4.69, 9.17) is 9.05 Å². The van der Waals surface area contributed by atoms with E-state index >= 15 is 0 Å². The van der Waals surface area contributed by atoms with E-state index in [1.165, 1.54) is 0 Å². The van der Waals surface area contributed by atoms with Crippen molar-refractivity contribution in [2.24, 2.45) is 0 Å². The zero-order valence-corrected chi connectivity index (χ0v) is 13.3. The first kappa shape index (κ1) is 17.1. The van der Waals surface area contributed by atoms with Crippen molar-refractivity contribution < 1.29 is 23.9 Å². The highest BCUT2D eigenvalue weighted by atomic mass is 31.2. The maximum Gasteiger partial charge on any atom is 0.353 e. The van der Waals surface area contributed by atoms with Crippen molar-refractivity contribution in [3.05, 3.63) is 0 Å². The summed E-state index contributed by atoms with van der Waals surface area (Å²) in [4.78, 5) is 0. The van der Waals surface area contributed by atoms with E-state index in [0.29, 0.717) is 6.42 Å². The van der Waals surface area contributed by atoms with Gasteiger partial charge < -0.3 is 14.2 Å². The predicted molar refractivity (Wildman–Crippen MR) is 71.1 cm³/mol. The molecule has 1 radical (unpaired) electrons. The smallest absolute Gasteiger partial charge is 0.353 e. The molecule has 1 aliphatic rings. The number of rotatable bonds is 5. The second-order valence-electron chi connectivity index (χ2n) is 5.72. The van der Waals surface area contributed by atoms with Crippen LogP contribution in [0, 0.1) is 0 Å².